The highest BCUT2D eigenvalue weighted by molar-refractivity contribution is 5.72. The Bertz CT molecular complexity index is 154. The number of hydrogen-bond acceptors (Lipinski definition) is 1. The van der Waals surface area contributed by atoms with Crippen molar-refractivity contribution in [1.29, 1.82) is 0 Å². The molecule has 0 saturated heterocycles. The highest BCUT2D eigenvalue weighted by Crippen LogP contribution is 2.29. The molecule has 0 heterocycles. The molecule has 0 radical (unpaired) electrons. The van der Waals surface area contributed by atoms with Crippen molar-refractivity contribution in [3.05, 3.63) is 0 Å². The molecule has 0 bridgehead atoms. The Labute approximate surface area is 75.7 Å². The molecule has 1 atom stereocenters. The second-order valence-corrected chi connectivity index (χ2v) is 4.07. The second-order valence-electron chi connectivity index (χ2n) is 4.07. The lowest BCUT2D eigenvalue weighted by molar-refractivity contribution is -0.119. The van der Waals surface area contributed by atoms with Crippen LogP contribution in [0.4, 0.5) is 0 Å². The van der Waals surface area contributed by atoms with Crippen molar-refractivity contribution in [2.45, 2.75) is 41.0 Å². The fourth-order valence-corrected chi connectivity index (χ4v) is 1.06. The number of hydrogen-bond donors (Lipinski definition) is 1. The van der Waals surface area contributed by atoms with Crippen molar-refractivity contribution in [2.24, 2.45) is 11.3 Å². The molecule has 12 heavy (non-hydrogen) atoms. The Balaban J connectivity index is 4.05. The minimum absolute atomic E-state index is 0.0651. The first-order valence-electron chi connectivity index (χ1n) is 4.67. The zero-order valence-corrected chi connectivity index (χ0v) is 8.90. The van der Waals surface area contributed by atoms with Gasteiger partial charge in [-0.3, -0.25) is 4.79 Å². The Morgan fingerprint density at radius 3 is 2.25 bits per heavy atom. The van der Waals surface area contributed by atoms with Crippen LogP contribution in [0.25, 0.3) is 0 Å². The van der Waals surface area contributed by atoms with Crippen molar-refractivity contribution in [2.75, 3.05) is 6.54 Å². The van der Waals surface area contributed by atoms with E-state index in [2.05, 4.69) is 33.0 Å². The topological polar surface area (TPSA) is 29.1 Å². The van der Waals surface area contributed by atoms with E-state index >= 15 is 0 Å². The van der Waals surface area contributed by atoms with E-state index in [0.29, 0.717) is 5.92 Å². The Kier molecular flexibility index (Phi) is 4.29. The standard InChI is InChI=1S/C10H21NO/c1-6-10(5,8(2)3)7-11-9(4)12/h8H,6-7H2,1-5H3,(H,11,12). The molecular weight excluding hydrogens is 150 g/mol. The van der Waals surface area contributed by atoms with Crippen LogP contribution < -0.4 is 5.32 Å². The Morgan fingerprint density at radius 2 is 2.00 bits per heavy atom. The minimum Gasteiger partial charge on any atom is -0.356 e. The monoisotopic (exact) mass is 171 g/mol. The van der Waals surface area contributed by atoms with Gasteiger partial charge in [0, 0.05) is 13.5 Å². The van der Waals surface area contributed by atoms with Crippen LogP contribution in [-0.4, -0.2) is 12.5 Å². The summed E-state index contributed by atoms with van der Waals surface area (Å²) in [6.45, 7) is 11.1. The van der Waals surface area contributed by atoms with Crippen LogP contribution in [0.15, 0.2) is 0 Å². The van der Waals surface area contributed by atoms with Gasteiger partial charge < -0.3 is 5.32 Å². The van der Waals surface area contributed by atoms with Crippen molar-refractivity contribution in [3.63, 3.8) is 0 Å². The molecule has 72 valence electrons. The number of carbonyl (C=O) groups excluding carboxylic acids is 1. The van der Waals surface area contributed by atoms with Gasteiger partial charge in [-0.25, -0.2) is 0 Å². The molecule has 2 heteroatoms. The van der Waals surface area contributed by atoms with E-state index in [1.165, 1.54) is 0 Å². The predicted molar refractivity (Wildman–Crippen MR) is 51.9 cm³/mol. The van der Waals surface area contributed by atoms with Crippen molar-refractivity contribution in [1.82, 2.24) is 5.32 Å². The van der Waals surface area contributed by atoms with Gasteiger partial charge in [-0.05, 0) is 17.8 Å². The van der Waals surface area contributed by atoms with Crippen molar-refractivity contribution in [3.8, 4) is 0 Å². The molecule has 0 aliphatic carbocycles. The van der Waals surface area contributed by atoms with E-state index in [-0.39, 0.29) is 11.3 Å². The van der Waals surface area contributed by atoms with Crippen LogP contribution in [0.1, 0.15) is 41.0 Å². The molecule has 1 amide bonds. The summed E-state index contributed by atoms with van der Waals surface area (Å²) >= 11 is 0. The molecule has 0 spiro atoms. The van der Waals surface area contributed by atoms with Crippen LogP contribution in [0.5, 0.6) is 0 Å². The molecule has 0 aromatic rings. The van der Waals surface area contributed by atoms with E-state index in [1.807, 2.05) is 0 Å². The number of nitrogens with one attached hydrogen (secondary N) is 1. The molecule has 0 rings (SSSR count). The van der Waals surface area contributed by atoms with Gasteiger partial charge in [-0.15, -0.1) is 0 Å². The summed E-state index contributed by atoms with van der Waals surface area (Å²) in [4.78, 5) is 10.7. The van der Waals surface area contributed by atoms with Crippen LogP contribution >= 0.6 is 0 Å². The molecule has 0 aromatic heterocycles. The lowest BCUT2D eigenvalue weighted by Crippen LogP contribution is -2.37. The van der Waals surface area contributed by atoms with Crippen LogP contribution in [-0.2, 0) is 4.79 Å². The maximum absolute atomic E-state index is 10.7. The summed E-state index contributed by atoms with van der Waals surface area (Å²) in [5.41, 5.74) is 0.242. The van der Waals surface area contributed by atoms with Crippen LogP contribution in [0, 0.1) is 11.3 Å². The number of amides is 1. The maximum Gasteiger partial charge on any atom is 0.216 e. The molecule has 0 saturated carbocycles. The van der Waals surface area contributed by atoms with Crippen LogP contribution in [0.3, 0.4) is 0 Å². The average Bonchev–Trinajstić information content (AvgIpc) is 1.99. The molecular formula is C10H21NO. The van der Waals surface area contributed by atoms with E-state index < -0.39 is 0 Å². The summed E-state index contributed by atoms with van der Waals surface area (Å²) in [7, 11) is 0. The van der Waals surface area contributed by atoms with Crippen molar-refractivity contribution < 1.29 is 4.79 Å². The first-order chi connectivity index (χ1) is 5.42. The van der Waals surface area contributed by atoms with Gasteiger partial charge in [0.25, 0.3) is 0 Å². The highest BCUT2D eigenvalue weighted by atomic mass is 16.1. The summed E-state index contributed by atoms with van der Waals surface area (Å²) in [5, 5.41) is 2.88. The van der Waals surface area contributed by atoms with Crippen LogP contribution in [0.2, 0.25) is 0 Å². The minimum atomic E-state index is 0.0651. The summed E-state index contributed by atoms with van der Waals surface area (Å²) < 4.78 is 0. The van der Waals surface area contributed by atoms with E-state index in [1.54, 1.807) is 6.92 Å². The van der Waals surface area contributed by atoms with Gasteiger partial charge in [-0.1, -0.05) is 27.7 Å². The van der Waals surface area contributed by atoms with Gasteiger partial charge in [0.1, 0.15) is 0 Å². The summed E-state index contributed by atoms with van der Waals surface area (Å²) in [5.74, 6) is 0.671. The van der Waals surface area contributed by atoms with Gasteiger partial charge in [0.05, 0.1) is 0 Å². The SMILES string of the molecule is CCC(C)(CNC(C)=O)C(C)C. The van der Waals surface area contributed by atoms with Gasteiger partial charge in [-0.2, -0.15) is 0 Å². The molecule has 2 nitrogen and oxygen atoms in total. The third-order valence-electron chi connectivity index (χ3n) is 2.94. The Hall–Kier alpha value is -0.530. The quantitative estimate of drug-likeness (QED) is 0.690. The normalized spacial score (nSPS) is 15.8. The molecule has 0 aliphatic heterocycles. The average molecular weight is 171 g/mol. The molecule has 1 unspecified atom stereocenters. The summed E-state index contributed by atoms with van der Waals surface area (Å²) in [6, 6.07) is 0. The zero-order valence-electron chi connectivity index (χ0n) is 8.90. The zero-order chi connectivity index (χ0) is 9.78. The first-order valence-corrected chi connectivity index (χ1v) is 4.67. The molecule has 0 aromatic carbocycles. The Morgan fingerprint density at radius 1 is 1.50 bits per heavy atom. The predicted octanol–water partition coefficient (Wildman–Crippen LogP) is 2.19. The highest BCUT2D eigenvalue weighted by Gasteiger charge is 2.25. The summed E-state index contributed by atoms with van der Waals surface area (Å²) in [6.07, 6.45) is 1.10. The third kappa shape index (κ3) is 3.24. The number of rotatable bonds is 4. The molecule has 0 fully saturated rings. The largest absolute Gasteiger partial charge is 0.356 e. The fourth-order valence-electron chi connectivity index (χ4n) is 1.06. The lowest BCUT2D eigenvalue weighted by atomic mass is 9.77. The fraction of sp³-hybridized carbons (Fsp3) is 0.900. The van der Waals surface area contributed by atoms with E-state index in [0.717, 1.165) is 13.0 Å². The lowest BCUT2D eigenvalue weighted by Gasteiger charge is -2.32. The van der Waals surface area contributed by atoms with E-state index in [4.69, 9.17) is 0 Å². The van der Waals surface area contributed by atoms with Gasteiger partial charge in [0.2, 0.25) is 5.91 Å². The third-order valence-corrected chi connectivity index (χ3v) is 2.94. The van der Waals surface area contributed by atoms with Gasteiger partial charge >= 0.3 is 0 Å². The van der Waals surface area contributed by atoms with E-state index in [9.17, 15) is 4.79 Å². The second kappa shape index (κ2) is 4.48. The smallest absolute Gasteiger partial charge is 0.216 e. The molecule has 1 N–H and O–H groups in total. The number of carbonyl (C=O) groups is 1. The van der Waals surface area contributed by atoms with Crippen molar-refractivity contribution >= 4 is 5.91 Å². The molecule has 0 aliphatic rings. The van der Waals surface area contributed by atoms with Gasteiger partial charge in [0.15, 0.2) is 0 Å². The first kappa shape index (κ1) is 11.5. The maximum atomic E-state index is 10.7.